The van der Waals surface area contributed by atoms with Crippen molar-refractivity contribution in [2.45, 2.75) is 24.5 Å². The molecule has 2 rings (SSSR count). The van der Waals surface area contributed by atoms with E-state index >= 15 is 0 Å². The van der Waals surface area contributed by atoms with Gasteiger partial charge in [0, 0.05) is 23.3 Å². The van der Waals surface area contributed by atoms with Crippen LogP contribution in [-0.4, -0.2) is 22.1 Å². The largest absolute Gasteiger partial charge is 0.379 e. The summed E-state index contributed by atoms with van der Waals surface area (Å²) in [6.45, 7) is 0.937. The molecule has 0 amide bonds. The molecule has 75 valence electrons. The third kappa shape index (κ3) is 2.46. The second-order valence-electron chi connectivity index (χ2n) is 4.17. The van der Waals surface area contributed by atoms with Gasteiger partial charge in [-0.2, -0.15) is 0 Å². The molecule has 1 saturated heterocycles. The van der Waals surface area contributed by atoms with E-state index in [1.54, 1.807) is 0 Å². The predicted molar refractivity (Wildman–Crippen MR) is 62.3 cm³/mol. The minimum atomic E-state index is 0.0968. The van der Waals surface area contributed by atoms with Gasteiger partial charge in [0.15, 0.2) is 0 Å². The van der Waals surface area contributed by atoms with Crippen LogP contribution in [-0.2, 0) is 4.74 Å². The van der Waals surface area contributed by atoms with Gasteiger partial charge >= 0.3 is 0 Å². The van der Waals surface area contributed by atoms with Crippen LogP contribution in [0.2, 0.25) is 0 Å². The van der Waals surface area contributed by atoms with Crippen LogP contribution in [0.15, 0.2) is 30.3 Å². The minimum absolute atomic E-state index is 0.0968. The summed E-state index contributed by atoms with van der Waals surface area (Å²) in [6, 6.07) is 10.5. The number of benzene rings is 1. The fourth-order valence-corrected chi connectivity index (χ4v) is 2.86. The number of hydrogen-bond donors (Lipinski definition) is 0. The van der Waals surface area contributed by atoms with Crippen molar-refractivity contribution in [2.75, 3.05) is 6.61 Å². The Labute approximate surface area is 88.9 Å². The lowest BCUT2D eigenvalue weighted by molar-refractivity contribution is 0.00677. The van der Waals surface area contributed by atoms with Crippen LogP contribution in [0.3, 0.4) is 0 Å². The maximum Gasteiger partial charge on any atom is 0.0559 e. The van der Waals surface area contributed by atoms with Gasteiger partial charge in [0.1, 0.15) is 0 Å². The van der Waals surface area contributed by atoms with Gasteiger partial charge in [-0.1, -0.05) is 30.3 Å². The van der Waals surface area contributed by atoms with Crippen LogP contribution in [0.25, 0.3) is 0 Å². The van der Waals surface area contributed by atoms with E-state index in [1.807, 2.05) is 0 Å². The highest BCUT2D eigenvalue weighted by Gasteiger charge is 2.27. The summed E-state index contributed by atoms with van der Waals surface area (Å²) in [7, 11) is 1.09. The monoisotopic (exact) mass is 205 g/mol. The van der Waals surface area contributed by atoms with Crippen molar-refractivity contribution in [2.24, 2.45) is 0 Å². The number of ether oxygens (including phenoxy) is 1. The highest BCUT2D eigenvalue weighted by atomic mass is 28.1. The summed E-state index contributed by atoms with van der Waals surface area (Å²) in [5.41, 5.74) is 1.30. The van der Waals surface area contributed by atoms with E-state index in [1.165, 1.54) is 24.8 Å². The molecule has 0 aromatic heterocycles. The Kier molecular flexibility index (Phi) is 3.04. The van der Waals surface area contributed by atoms with E-state index in [9.17, 15) is 0 Å². The smallest absolute Gasteiger partial charge is 0.0559 e. The van der Waals surface area contributed by atoms with Crippen LogP contribution in [0.4, 0.5) is 0 Å². The van der Waals surface area contributed by atoms with Gasteiger partial charge < -0.3 is 4.74 Å². The van der Waals surface area contributed by atoms with Gasteiger partial charge in [0.25, 0.3) is 0 Å². The highest BCUT2D eigenvalue weighted by Crippen LogP contribution is 2.27. The summed E-state index contributed by atoms with van der Waals surface area (Å²) in [4.78, 5) is 0. The average Bonchev–Trinajstić information content (AvgIpc) is 2.19. The van der Waals surface area contributed by atoms with Crippen LogP contribution in [0, 0.1) is 6.42 Å². The van der Waals surface area contributed by atoms with E-state index in [0.717, 1.165) is 16.8 Å². The molecule has 1 aliphatic heterocycles. The Hall–Kier alpha value is -0.603. The van der Waals surface area contributed by atoms with Crippen LogP contribution in [0.5, 0.6) is 0 Å². The summed E-state index contributed by atoms with van der Waals surface area (Å²) in [5, 5.41) is 0.0968. The molecule has 14 heavy (non-hydrogen) atoms. The van der Waals surface area contributed by atoms with Gasteiger partial charge in [-0.05, 0) is 24.8 Å². The summed E-state index contributed by atoms with van der Waals surface area (Å²) in [6.07, 6.45) is 6.05. The van der Waals surface area contributed by atoms with Crippen molar-refractivity contribution in [3.63, 3.8) is 0 Å². The predicted octanol–water partition coefficient (Wildman–Crippen LogP) is 1.50. The van der Waals surface area contributed by atoms with Crippen molar-refractivity contribution in [3.8, 4) is 0 Å². The molecule has 0 saturated carbocycles. The molecular weight excluding hydrogens is 188 g/mol. The zero-order valence-electron chi connectivity index (χ0n) is 8.70. The molecule has 0 bridgehead atoms. The Morgan fingerprint density at radius 2 is 2.00 bits per heavy atom. The minimum Gasteiger partial charge on any atom is -0.379 e. The van der Waals surface area contributed by atoms with E-state index < -0.39 is 0 Å². The van der Waals surface area contributed by atoms with Crippen molar-refractivity contribution >= 4 is 10.2 Å². The molecule has 1 aromatic rings. The highest BCUT2D eigenvalue weighted by molar-refractivity contribution is 6.16. The van der Waals surface area contributed by atoms with E-state index in [2.05, 4.69) is 36.8 Å². The summed E-state index contributed by atoms with van der Waals surface area (Å²) in [5.74, 6) is 0. The van der Waals surface area contributed by atoms with Gasteiger partial charge in [-0.25, -0.2) is 0 Å². The van der Waals surface area contributed by atoms with Crippen LogP contribution < -0.4 is 0 Å². The average molecular weight is 205 g/mol. The molecule has 1 unspecified atom stereocenters. The van der Waals surface area contributed by atoms with Gasteiger partial charge in [0.05, 0.1) is 5.22 Å². The Balaban J connectivity index is 2.02. The first kappa shape index (κ1) is 9.93. The lowest BCUT2D eigenvalue weighted by atomic mass is 10.0. The first-order valence-corrected chi connectivity index (χ1v) is 6.33. The number of hydrogen-bond acceptors (Lipinski definition) is 1. The lowest BCUT2D eigenvalue weighted by Crippen LogP contribution is -2.37. The molecule has 1 nitrogen and oxygen atoms in total. The molecular formula is C12H17OSi. The molecule has 1 heterocycles. The zero-order chi connectivity index (χ0) is 9.86. The lowest BCUT2D eigenvalue weighted by Gasteiger charge is -2.33. The molecule has 1 fully saturated rings. The number of rotatable bonds is 2. The standard InChI is InChI=1S/C12H17OSi/c14-12(8-4-5-9-13-12)10-11-6-2-1-3-7-11/h1-3,6-7,10H,4-5,8-9H2,14H3. The first-order chi connectivity index (χ1) is 6.79. The Bertz CT molecular complexity index is 278. The third-order valence-corrected chi connectivity index (χ3v) is 3.85. The van der Waals surface area contributed by atoms with Crippen molar-refractivity contribution in [1.29, 1.82) is 0 Å². The molecule has 2 heteroatoms. The molecule has 0 N–H and O–H groups in total. The van der Waals surface area contributed by atoms with Gasteiger partial charge in [0.2, 0.25) is 0 Å². The summed E-state index contributed by atoms with van der Waals surface area (Å²) < 4.78 is 5.88. The first-order valence-electron chi connectivity index (χ1n) is 5.33. The van der Waals surface area contributed by atoms with Gasteiger partial charge in [-0.15, -0.1) is 0 Å². The normalized spacial score (nSPS) is 27.7. The topological polar surface area (TPSA) is 9.23 Å². The fourth-order valence-electron chi connectivity index (χ4n) is 1.97. The SMILES string of the molecule is [SiH3]C1([CH]c2ccccc2)CCCCO1. The Morgan fingerprint density at radius 1 is 1.21 bits per heavy atom. The fraction of sp³-hybridized carbons (Fsp3) is 0.417. The van der Waals surface area contributed by atoms with E-state index in [0.29, 0.717) is 0 Å². The molecule has 1 aliphatic rings. The van der Waals surface area contributed by atoms with Crippen molar-refractivity contribution < 1.29 is 4.74 Å². The van der Waals surface area contributed by atoms with Crippen LogP contribution >= 0.6 is 0 Å². The maximum atomic E-state index is 5.88. The third-order valence-electron chi connectivity index (χ3n) is 2.77. The maximum absolute atomic E-state index is 5.88. The Morgan fingerprint density at radius 3 is 2.64 bits per heavy atom. The van der Waals surface area contributed by atoms with Crippen molar-refractivity contribution in [1.82, 2.24) is 0 Å². The second kappa shape index (κ2) is 4.28. The van der Waals surface area contributed by atoms with Crippen LogP contribution in [0.1, 0.15) is 24.8 Å². The molecule has 0 aliphatic carbocycles. The van der Waals surface area contributed by atoms with Crippen molar-refractivity contribution in [3.05, 3.63) is 42.3 Å². The molecule has 1 radical (unpaired) electrons. The molecule has 0 spiro atoms. The quantitative estimate of drug-likeness (QED) is 0.665. The zero-order valence-corrected chi connectivity index (χ0v) is 10.7. The molecule has 1 aromatic carbocycles. The van der Waals surface area contributed by atoms with Gasteiger partial charge in [-0.3, -0.25) is 0 Å². The van der Waals surface area contributed by atoms with E-state index in [-0.39, 0.29) is 5.22 Å². The summed E-state index contributed by atoms with van der Waals surface area (Å²) >= 11 is 0. The molecule has 1 atom stereocenters. The van der Waals surface area contributed by atoms with E-state index in [4.69, 9.17) is 4.74 Å². The second-order valence-corrected chi connectivity index (χ2v) is 5.87.